The second kappa shape index (κ2) is 8.74. The lowest BCUT2D eigenvalue weighted by atomic mass is 9.94. The van der Waals surface area contributed by atoms with Crippen molar-refractivity contribution in [2.75, 3.05) is 25.5 Å². The third-order valence-corrected chi connectivity index (χ3v) is 5.61. The average Bonchev–Trinajstić information content (AvgIpc) is 2.80. The molecule has 0 spiro atoms. The fourth-order valence-corrected chi connectivity index (χ4v) is 4.03. The Labute approximate surface area is 185 Å². The highest BCUT2D eigenvalue weighted by atomic mass is 16.5. The Kier molecular flexibility index (Phi) is 5.85. The number of hydrogen-bond donors (Lipinski definition) is 1. The number of hydrogen-bond acceptors (Lipinski definition) is 5. The number of imide groups is 1. The van der Waals surface area contributed by atoms with Crippen LogP contribution in [0.25, 0.3) is 10.8 Å². The van der Waals surface area contributed by atoms with Gasteiger partial charge in [0.05, 0.1) is 13.7 Å². The van der Waals surface area contributed by atoms with Crippen LogP contribution in [0.5, 0.6) is 0 Å². The van der Waals surface area contributed by atoms with E-state index in [1.807, 2.05) is 50.2 Å². The Hall–Kier alpha value is -3.81. The molecule has 0 saturated heterocycles. The lowest BCUT2D eigenvalue weighted by Gasteiger charge is -2.29. The molecule has 2 aromatic rings. The van der Waals surface area contributed by atoms with Crippen LogP contribution in [0, 0.1) is 5.92 Å². The van der Waals surface area contributed by atoms with Gasteiger partial charge in [-0.05, 0) is 24.8 Å². The normalized spacial score (nSPS) is 18.3. The number of amidine groups is 1. The SMILES string of the molecule is CCOC1=C(CC)C=NC2=[N+](C)C(=O)N(CC(=O)Nc3cccc4ccccc34)C(=O)C12. The molecule has 2 aromatic carbocycles. The maximum Gasteiger partial charge on any atom is 0.446 e. The summed E-state index contributed by atoms with van der Waals surface area (Å²) in [4.78, 5) is 44.4. The van der Waals surface area contributed by atoms with Crippen LogP contribution in [0.4, 0.5) is 10.5 Å². The van der Waals surface area contributed by atoms with Gasteiger partial charge in [0, 0.05) is 16.6 Å². The second-order valence-electron chi connectivity index (χ2n) is 7.57. The zero-order valence-corrected chi connectivity index (χ0v) is 18.3. The summed E-state index contributed by atoms with van der Waals surface area (Å²) in [6.45, 7) is 3.76. The predicted octanol–water partition coefficient (Wildman–Crippen LogP) is 3.18. The average molecular weight is 433 g/mol. The molecule has 0 aromatic heterocycles. The van der Waals surface area contributed by atoms with E-state index in [0.717, 1.165) is 21.2 Å². The number of rotatable bonds is 6. The summed E-state index contributed by atoms with van der Waals surface area (Å²) in [6, 6.07) is 12.6. The van der Waals surface area contributed by atoms with Gasteiger partial charge in [0.1, 0.15) is 12.0 Å². The van der Waals surface area contributed by atoms with Gasteiger partial charge >= 0.3 is 11.9 Å². The van der Waals surface area contributed by atoms with Crippen molar-refractivity contribution in [2.24, 2.45) is 10.9 Å². The van der Waals surface area contributed by atoms with Crippen LogP contribution in [-0.4, -0.2) is 59.6 Å². The molecule has 0 fully saturated rings. The smallest absolute Gasteiger partial charge is 0.446 e. The zero-order valence-electron chi connectivity index (χ0n) is 18.3. The van der Waals surface area contributed by atoms with Crippen LogP contribution in [0.2, 0.25) is 0 Å². The number of ether oxygens (including phenoxy) is 1. The Morgan fingerprint density at radius 1 is 1.16 bits per heavy atom. The predicted molar refractivity (Wildman–Crippen MR) is 122 cm³/mol. The van der Waals surface area contributed by atoms with E-state index in [1.54, 1.807) is 19.3 Å². The van der Waals surface area contributed by atoms with Gasteiger partial charge in [-0.25, -0.2) is 4.79 Å². The molecule has 0 aliphatic carbocycles. The van der Waals surface area contributed by atoms with E-state index in [1.165, 1.54) is 4.58 Å². The molecular formula is C24H25N4O4+. The van der Waals surface area contributed by atoms with Crippen molar-refractivity contribution in [1.29, 1.82) is 0 Å². The summed E-state index contributed by atoms with van der Waals surface area (Å²) in [5, 5.41) is 4.69. The van der Waals surface area contributed by atoms with Crippen LogP contribution in [-0.2, 0) is 14.3 Å². The minimum Gasteiger partial charge on any atom is -0.496 e. The number of carbonyl (C=O) groups excluding carboxylic acids is 3. The number of benzene rings is 2. The van der Waals surface area contributed by atoms with Crippen molar-refractivity contribution in [3.8, 4) is 0 Å². The number of allylic oxidation sites excluding steroid dienone is 1. The Morgan fingerprint density at radius 3 is 2.66 bits per heavy atom. The molecule has 1 N–H and O–H groups in total. The first kappa shape index (κ1) is 21.4. The summed E-state index contributed by atoms with van der Waals surface area (Å²) in [6.07, 6.45) is 2.27. The van der Waals surface area contributed by atoms with Gasteiger partial charge in [-0.3, -0.25) is 9.59 Å². The van der Waals surface area contributed by atoms with Crippen LogP contribution in [0.3, 0.4) is 0 Å². The van der Waals surface area contributed by atoms with Gasteiger partial charge in [-0.2, -0.15) is 9.48 Å². The molecular weight excluding hydrogens is 408 g/mol. The van der Waals surface area contributed by atoms with E-state index in [4.69, 9.17) is 4.74 Å². The first-order valence-electron chi connectivity index (χ1n) is 10.6. The highest BCUT2D eigenvalue weighted by Gasteiger charge is 2.51. The lowest BCUT2D eigenvalue weighted by molar-refractivity contribution is -0.408. The first-order valence-corrected chi connectivity index (χ1v) is 10.6. The van der Waals surface area contributed by atoms with Crippen LogP contribution in [0.15, 0.2) is 58.8 Å². The van der Waals surface area contributed by atoms with Crippen molar-refractivity contribution in [1.82, 2.24) is 4.90 Å². The molecule has 0 radical (unpaired) electrons. The summed E-state index contributed by atoms with van der Waals surface area (Å²) in [7, 11) is 1.55. The maximum absolute atomic E-state index is 13.4. The third-order valence-electron chi connectivity index (χ3n) is 5.61. The number of nitrogens with one attached hydrogen (secondary N) is 1. The molecule has 2 aliphatic rings. The fourth-order valence-electron chi connectivity index (χ4n) is 4.03. The third kappa shape index (κ3) is 3.68. The fraction of sp³-hybridized carbons (Fsp3) is 0.292. The molecule has 164 valence electrons. The summed E-state index contributed by atoms with van der Waals surface area (Å²) in [5.41, 5.74) is 1.42. The van der Waals surface area contributed by atoms with Gasteiger partial charge in [-0.15, -0.1) is 4.99 Å². The van der Waals surface area contributed by atoms with E-state index in [2.05, 4.69) is 10.3 Å². The van der Waals surface area contributed by atoms with E-state index >= 15 is 0 Å². The Bertz CT molecular complexity index is 1210. The minimum atomic E-state index is -0.844. The molecule has 4 amide bonds. The zero-order chi connectivity index (χ0) is 22.8. The standard InChI is InChI=1S/C24H24N4O4/c1-4-15-13-25-22-20(21(15)32-5-2)23(30)28(24(31)27(22)3)14-19(29)26-18-12-8-10-16-9-6-7-11-17(16)18/h6-13,20H,4-5,14H2,1-3H3/p+1. The maximum atomic E-state index is 13.4. The quantitative estimate of drug-likeness (QED) is 0.709. The lowest BCUT2D eigenvalue weighted by Crippen LogP contribution is -2.56. The molecule has 4 rings (SSSR count). The number of dihydropyridines is 1. The van der Waals surface area contributed by atoms with Crippen molar-refractivity contribution < 1.29 is 23.7 Å². The van der Waals surface area contributed by atoms with Crippen LogP contribution in [0.1, 0.15) is 20.3 Å². The van der Waals surface area contributed by atoms with E-state index < -0.39 is 30.3 Å². The van der Waals surface area contributed by atoms with E-state index in [9.17, 15) is 14.4 Å². The van der Waals surface area contributed by atoms with Crippen molar-refractivity contribution in [2.45, 2.75) is 20.3 Å². The van der Waals surface area contributed by atoms with Crippen molar-refractivity contribution >= 4 is 46.4 Å². The van der Waals surface area contributed by atoms with Gasteiger partial charge in [0.25, 0.3) is 11.7 Å². The number of urea groups is 1. The summed E-state index contributed by atoms with van der Waals surface area (Å²) >= 11 is 0. The highest BCUT2D eigenvalue weighted by molar-refractivity contribution is 6.17. The Morgan fingerprint density at radius 2 is 1.91 bits per heavy atom. The molecule has 1 atom stereocenters. The first-order chi connectivity index (χ1) is 15.5. The minimum absolute atomic E-state index is 0.311. The Balaban J connectivity index is 1.62. The number of fused-ring (bicyclic) bond motifs is 2. The number of amides is 4. The molecule has 8 heteroatoms. The molecule has 2 aliphatic heterocycles. The van der Waals surface area contributed by atoms with Gasteiger partial charge < -0.3 is 10.1 Å². The summed E-state index contributed by atoms with van der Waals surface area (Å²) in [5.74, 6) is -1.02. The largest absolute Gasteiger partial charge is 0.496 e. The molecule has 0 saturated carbocycles. The van der Waals surface area contributed by atoms with E-state index in [0.29, 0.717) is 30.3 Å². The number of carbonyl (C=O) groups is 3. The van der Waals surface area contributed by atoms with Gasteiger partial charge in [0.2, 0.25) is 0 Å². The number of anilines is 1. The summed E-state index contributed by atoms with van der Waals surface area (Å²) < 4.78 is 7.09. The van der Waals surface area contributed by atoms with Gasteiger partial charge in [-0.1, -0.05) is 43.3 Å². The molecule has 32 heavy (non-hydrogen) atoms. The molecule has 1 unspecified atom stereocenters. The monoisotopic (exact) mass is 433 g/mol. The molecule has 8 nitrogen and oxygen atoms in total. The van der Waals surface area contributed by atoms with Crippen molar-refractivity contribution in [3.05, 3.63) is 53.8 Å². The second-order valence-corrected chi connectivity index (χ2v) is 7.57. The van der Waals surface area contributed by atoms with Crippen LogP contribution >= 0.6 is 0 Å². The van der Waals surface area contributed by atoms with E-state index in [-0.39, 0.29) is 0 Å². The van der Waals surface area contributed by atoms with Gasteiger partial charge in [0.15, 0.2) is 12.5 Å². The molecule has 2 heterocycles. The molecule has 0 bridgehead atoms. The number of aliphatic imine (C=N–C) groups is 1. The topological polar surface area (TPSA) is 91.1 Å². The highest BCUT2D eigenvalue weighted by Crippen LogP contribution is 2.29. The van der Waals surface area contributed by atoms with Crippen LogP contribution < -0.4 is 5.32 Å². The number of nitrogens with zero attached hydrogens (tertiary/aromatic N) is 3. The van der Waals surface area contributed by atoms with Crippen molar-refractivity contribution in [3.63, 3.8) is 0 Å².